The number of carbonyl (C=O) groups excluding carboxylic acids is 4. The van der Waals surface area contributed by atoms with Gasteiger partial charge < -0.3 is 25.4 Å². The van der Waals surface area contributed by atoms with E-state index in [2.05, 4.69) is 28.1 Å². The summed E-state index contributed by atoms with van der Waals surface area (Å²) in [5, 5.41) is 7.77. The fourth-order valence-corrected chi connectivity index (χ4v) is 4.88. The Kier molecular flexibility index (Phi) is 9.96. The first-order valence-electron chi connectivity index (χ1n) is 14.1. The van der Waals surface area contributed by atoms with Gasteiger partial charge in [-0.15, -0.1) is 0 Å². The Balaban J connectivity index is 1.25. The van der Waals surface area contributed by atoms with Crippen LogP contribution < -0.4 is 16.0 Å². The van der Waals surface area contributed by atoms with Crippen molar-refractivity contribution in [3.05, 3.63) is 95.6 Å². The van der Waals surface area contributed by atoms with Gasteiger partial charge in [-0.05, 0) is 47.6 Å². The molecule has 0 fully saturated rings. The number of fused-ring (bicyclic) bond motifs is 3. The first-order chi connectivity index (χ1) is 20.2. The number of benzene rings is 3. The maximum Gasteiger partial charge on any atom is 0.407 e. The summed E-state index contributed by atoms with van der Waals surface area (Å²) in [5.74, 6) is -2.03. The van der Waals surface area contributed by atoms with Crippen LogP contribution in [0, 0.1) is 5.92 Å². The molecule has 3 N–H and O–H groups in total. The largest absolute Gasteiger partial charge is 0.459 e. The van der Waals surface area contributed by atoms with Gasteiger partial charge in [-0.25, -0.2) is 9.59 Å². The van der Waals surface area contributed by atoms with Crippen LogP contribution in [0.25, 0.3) is 11.1 Å². The van der Waals surface area contributed by atoms with Gasteiger partial charge in [0.25, 0.3) is 0 Å². The van der Waals surface area contributed by atoms with Gasteiger partial charge in [0, 0.05) is 5.92 Å². The van der Waals surface area contributed by atoms with Crippen LogP contribution in [-0.2, 0) is 30.5 Å². The van der Waals surface area contributed by atoms with Crippen molar-refractivity contribution < 1.29 is 28.7 Å². The van der Waals surface area contributed by atoms with E-state index >= 15 is 0 Å². The lowest BCUT2D eigenvalue weighted by Crippen LogP contribution is -2.55. The molecule has 1 aliphatic rings. The summed E-state index contributed by atoms with van der Waals surface area (Å²) < 4.78 is 10.9. The van der Waals surface area contributed by atoms with Crippen LogP contribution in [0.4, 0.5) is 4.79 Å². The summed E-state index contributed by atoms with van der Waals surface area (Å²) in [7, 11) is 0. The summed E-state index contributed by atoms with van der Waals surface area (Å²) in [6, 6.07) is 22.4. The van der Waals surface area contributed by atoms with Crippen molar-refractivity contribution in [1.29, 1.82) is 0 Å². The summed E-state index contributed by atoms with van der Waals surface area (Å²) in [6.45, 7) is 6.78. The Morgan fingerprint density at radius 2 is 1.19 bits per heavy atom. The minimum Gasteiger partial charge on any atom is -0.459 e. The van der Waals surface area contributed by atoms with Gasteiger partial charge in [0.2, 0.25) is 11.8 Å². The molecule has 0 saturated heterocycles. The molecule has 0 heterocycles. The average Bonchev–Trinajstić information content (AvgIpc) is 3.31. The van der Waals surface area contributed by atoms with Crippen LogP contribution in [0.3, 0.4) is 0 Å². The van der Waals surface area contributed by atoms with Gasteiger partial charge in [0.05, 0.1) is 0 Å². The Bertz CT molecular complexity index is 1380. The van der Waals surface area contributed by atoms with Crippen molar-refractivity contribution >= 4 is 23.9 Å². The van der Waals surface area contributed by atoms with E-state index < -0.39 is 42.0 Å². The second kappa shape index (κ2) is 13.8. The minimum absolute atomic E-state index is 0.0874. The SMILES string of the molecule is CC(C)[C@H](NC(=O)[C@H](C)NC(=O)[C@H](C)NC(=O)OCC1c2ccccc2-c2ccccc21)C(=O)OCc1ccccc1. The number of amides is 3. The zero-order valence-electron chi connectivity index (χ0n) is 24.3. The Labute approximate surface area is 246 Å². The van der Waals surface area contributed by atoms with Crippen molar-refractivity contribution in [1.82, 2.24) is 16.0 Å². The van der Waals surface area contributed by atoms with Gasteiger partial charge in [-0.1, -0.05) is 92.7 Å². The molecule has 42 heavy (non-hydrogen) atoms. The molecule has 0 aromatic heterocycles. The molecule has 9 nitrogen and oxygen atoms in total. The number of hydrogen-bond donors (Lipinski definition) is 3. The first-order valence-corrected chi connectivity index (χ1v) is 14.1. The van der Waals surface area contributed by atoms with E-state index in [0.717, 1.165) is 27.8 Å². The molecule has 1 aliphatic carbocycles. The zero-order valence-corrected chi connectivity index (χ0v) is 24.3. The van der Waals surface area contributed by atoms with Crippen molar-refractivity contribution in [3.63, 3.8) is 0 Å². The molecule has 0 saturated carbocycles. The lowest BCUT2D eigenvalue weighted by molar-refractivity contribution is -0.150. The minimum atomic E-state index is -0.965. The second-order valence-electron chi connectivity index (χ2n) is 10.7. The van der Waals surface area contributed by atoms with Gasteiger partial charge in [-0.3, -0.25) is 9.59 Å². The number of ether oxygens (including phenoxy) is 2. The third kappa shape index (κ3) is 7.34. The molecular formula is C33H37N3O6. The molecular weight excluding hydrogens is 534 g/mol. The lowest BCUT2D eigenvalue weighted by Gasteiger charge is -2.24. The molecule has 0 aliphatic heterocycles. The van der Waals surface area contributed by atoms with Gasteiger partial charge >= 0.3 is 12.1 Å². The predicted molar refractivity (Wildman–Crippen MR) is 158 cm³/mol. The van der Waals surface area contributed by atoms with Crippen molar-refractivity contribution in [2.75, 3.05) is 6.61 Å². The number of rotatable bonds is 11. The topological polar surface area (TPSA) is 123 Å². The number of nitrogens with one attached hydrogen (secondary N) is 3. The Morgan fingerprint density at radius 3 is 1.79 bits per heavy atom. The van der Waals surface area contributed by atoms with Crippen LogP contribution >= 0.6 is 0 Å². The standard InChI is InChI=1S/C33H37N3O6/c1-20(2)29(32(39)41-18-23-12-6-5-7-13-23)36-31(38)21(3)34-30(37)22(4)35-33(40)42-19-28-26-16-10-8-14-24(26)25-15-9-11-17-27(25)28/h5-17,20-22,28-29H,18-19H2,1-4H3,(H,34,37)(H,35,40)(H,36,38)/t21-,22-,29-/m0/s1. The highest BCUT2D eigenvalue weighted by Crippen LogP contribution is 2.44. The molecule has 3 aromatic rings. The normalized spacial score (nSPS) is 14.1. The monoisotopic (exact) mass is 571 g/mol. The third-order valence-corrected chi connectivity index (χ3v) is 7.27. The molecule has 3 amide bonds. The van der Waals surface area contributed by atoms with E-state index in [1.807, 2.05) is 66.7 Å². The molecule has 0 unspecified atom stereocenters. The molecule has 3 aromatic carbocycles. The Morgan fingerprint density at radius 1 is 0.667 bits per heavy atom. The summed E-state index contributed by atoms with van der Waals surface area (Å²) in [4.78, 5) is 50.8. The highest BCUT2D eigenvalue weighted by molar-refractivity contribution is 5.92. The maximum atomic E-state index is 12.8. The summed E-state index contributed by atoms with van der Waals surface area (Å²) >= 11 is 0. The van der Waals surface area contributed by atoms with Crippen molar-refractivity contribution in [2.45, 2.75) is 58.3 Å². The average molecular weight is 572 g/mol. The van der Waals surface area contributed by atoms with Gasteiger partial charge in [0.15, 0.2) is 0 Å². The number of hydrogen-bond acceptors (Lipinski definition) is 6. The Hall–Kier alpha value is -4.66. The van der Waals surface area contributed by atoms with E-state index in [-0.39, 0.29) is 25.0 Å². The zero-order chi connectivity index (χ0) is 30.2. The van der Waals surface area contributed by atoms with E-state index in [1.165, 1.54) is 13.8 Å². The van der Waals surface area contributed by atoms with Gasteiger partial charge in [0.1, 0.15) is 31.3 Å². The van der Waals surface area contributed by atoms with E-state index in [9.17, 15) is 19.2 Å². The van der Waals surface area contributed by atoms with Gasteiger partial charge in [-0.2, -0.15) is 0 Å². The van der Waals surface area contributed by atoms with E-state index in [0.29, 0.717) is 0 Å². The number of alkyl carbamates (subject to hydrolysis) is 1. The fourth-order valence-electron chi connectivity index (χ4n) is 4.88. The molecule has 9 heteroatoms. The highest BCUT2D eigenvalue weighted by atomic mass is 16.5. The molecule has 3 atom stereocenters. The smallest absolute Gasteiger partial charge is 0.407 e. The highest BCUT2D eigenvalue weighted by Gasteiger charge is 2.31. The number of carbonyl (C=O) groups is 4. The molecule has 4 rings (SSSR count). The fraction of sp³-hybridized carbons (Fsp3) is 0.333. The van der Waals surface area contributed by atoms with E-state index in [1.54, 1.807) is 13.8 Å². The first kappa shape index (κ1) is 30.3. The molecule has 0 spiro atoms. The van der Waals surface area contributed by atoms with E-state index in [4.69, 9.17) is 9.47 Å². The third-order valence-electron chi connectivity index (χ3n) is 7.27. The van der Waals surface area contributed by atoms with Crippen LogP contribution in [0.15, 0.2) is 78.9 Å². The quantitative estimate of drug-likeness (QED) is 0.295. The van der Waals surface area contributed by atoms with Crippen LogP contribution in [0.1, 0.15) is 50.3 Å². The van der Waals surface area contributed by atoms with Crippen molar-refractivity contribution in [3.8, 4) is 11.1 Å². The van der Waals surface area contributed by atoms with Crippen LogP contribution in [0.5, 0.6) is 0 Å². The van der Waals surface area contributed by atoms with Crippen molar-refractivity contribution in [2.24, 2.45) is 5.92 Å². The second-order valence-corrected chi connectivity index (χ2v) is 10.7. The summed E-state index contributed by atoms with van der Waals surface area (Å²) in [5.41, 5.74) is 5.23. The number of esters is 1. The van der Waals surface area contributed by atoms with Crippen LogP contribution in [-0.4, -0.2) is 48.6 Å². The maximum absolute atomic E-state index is 12.8. The molecule has 0 radical (unpaired) electrons. The van der Waals surface area contributed by atoms with Crippen LogP contribution in [0.2, 0.25) is 0 Å². The lowest BCUT2D eigenvalue weighted by atomic mass is 9.98. The molecule has 220 valence electrons. The molecule has 0 bridgehead atoms. The summed E-state index contributed by atoms with van der Waals surface area (Å²) in [6.07, 6.45) is -0.738. The predicted octanol–water partition coefficient (Wildman–Crippen LogP) is 4.30.